The second-order valence-corrected chi connectivity index (χ2v) is 6.19. The summed E-state index contributed by atoms with van der Waals surface area (Å²) in [4.78, 5) is 12.3. The Hall–Kier alpha value is -2.48. The van der Waals surface area contributed by atoms with Crippen molar-refractivity contribution in [3.8, 4) is 0 Å². The summed E-state index contributed by atoms with van der Waals surface area (Å²) in [6, 6.07) is 6.51. The van der Waals surface area contributed by atoms with Gasteiger partial charge in [-0.2, -0.15) is 10.2 Å². The largest absolute Gasteiger partial charge is 0.304 e. The average Bonchev–Trinajstić information content (AvgIpc) is 3.05. The molecule has 0 aliphatic rings. The van der Waals surface area contributed by atoms with Gasteiger partial charge in [-0.3, -0.25) is 14.2 Å². The fraction of sp³-hybridized carbons (Fsp3) is 0.188. The van der Waals surface area contributed by atoms with Gasteiger partial charge in [-0.15, -0.1) is 0 Å². The molecule has 0 atom stereocenters. The second kappa shape index (κ2) is 6.56. The zero-order valence-corrected chi connectivity index (χ0v) is 14.7. The fourth-order valence-electron chi connectivity index (χ4n) is 2.26. The van der Waals surface area contributed by atoms with E-state index in [0.29, 0.717) is 21.4 Å². The summed E-state index contributed by atoms with van der Waals surface area (Å²) in [5.74, 6) is -0.210. The molecule has 0 bridgehead atoms. The lowest BCUT2D eigenvalue weighted by molar-refractivity contribution is 0.102. The minimum absolute atomic E-state index is 0.271. The van der Waals surface area contributed by atoms with E-state index in [0.717, 1.165) is 5.69 Å². The number of nitrogens with zero attached hydrogens (tertiary/aromatic N) is 4. The van der Waals surface area contributed by atoms with Crippen LogP contribution in [-0.2, 0) is 13.6 Å². The Kier molecular flexibility index (Phi) is 4.48. The smallest absolute Gasteiger partial charge is 0.260 e. The first kappa shape index (κ1) is 16.4. The van der Waals surface area contributed by atoms with Crippen LogP contribution in [0.2, 0.25) is 0 Å². The van der Waals surface area contributed by atoms with Gasteiger partial charge in [0.05, 0.1) is 22.8 Å². The van der Waals surface area contributed by atoms with Crippen molar-refractivity contribution in [1.29, 1.82) is 0 Å². The molecule has 0 saturated carbocycles. The summed E-state index contributed by atoms with van der Waals surface area (Å²) in [6.07, 6.45) is 3.20. The van der Waals surface area contributed by atoms with Gasteiger partial charge in [-0.05, 0) is 28.9 Å². The Bertz CT molecular complexity index is 902. The first-order valence-corrected chi connectivity index (χ1v) is 8.01. The van der Waals surface area contributed by atoms with Crippen LogP contribution in [0.1, 0.15) is 21.6 Å². The standard InChI is InChI=1S/C16H15BrFN5O/c1-10-12(7-19-22(10)2)16(24)20-15-13(17)9-23(21-15)8-11-5-3-4-6-14(11)18/h3-7,9H,8H2,1-2H3,(H,20,21,24). The molecule has 3 aromatic rings. The van der Waals surface area contributed by atoms with Gasteiger partial charge in [-0.1, -0.05) is 18.2 Å². The van der Waals surface area contributed by atoms with Crippen molar-refractivity contribution < 1.29 is 9.18 Å². The molecule has 1 aromatic carbocycles. The SMILES string of the molecule is Cc1c(C(=O)Nc2nn(Cc3ccccc3F)cc2Br)cnn1C. The first-order valence-electron chi connectivity index (χ1n) is 7.22. The molecule has 2 heterocycles. The summed E-state index contributed by atoms with van der Waals surface area (Å²) < 4.78 is 17.5. The maximum absolute atomic E-state index is 13.7. The molecule has 1 amide bonds. The number of nitrogens with one attached hydrogen (secondary N) is 1. The number of amides is 1. The minimum atomic E-state index is -0.294. The van der Waals surface area contributed by atoms with E-state index in [9.17, 15) is 9.18 Å². The van der Waals surface area contributed by atoms with Gasteiger partial charge in [-0.25, -0.2) is 4.39 Å². The van der Waals surface area contributed by atoms with Crippen LogP contribution in [-0.4, -0.2) is 25.5 Å². The molecule has 8 heteroatoms. The summed E-state index contributed by atoms with van der Waals surface area (Å²) in [7, 11) is 1.77. The number of aryl methyl sites for hydroxylation is 1. The van der Waals surface area contributed by atoms with E-state index in [2.05, 4.69) is 31.4 Å². The average molecular weight is 392 g/mol. The van der Waals surface area contributed by atoms with Crippen molar-refractivity contribution >= 4 is 27.7 Å². The number of rotatable bonds is 4. The van der Waals surface area contributed by atoms with Crippen LogP contribution < -0.4 is 5.32 Å². The third kappa shape index (κ3) is 3.23. The van der Waals surface area contributed by atoms with Gasteiger partial charge in [0.15, 0.2) is 5.82 Å². The molecule has 124 valence electrons. The summed E-state index contributed by atoms with van der Waals surface area (Å²) >= 11 is 3.36. The highest BCUT2D eigenvalue weighted by Gasteiger charge is 2.16. The summed E-state index contributed by atoms with van der Waals surface area (Å²) in [6.45, 7) is 2.08. The Morgan fingerprint density at radius 3 is 2.79 bits per heavy atom. The van der Waals surface area contributed by atoms with Crippen LogP contribution in [0.25, 0.3) is 0 Å². The highest BCUT2D eigenvalue weighted by Crippen LogP contribution is 2.22. The summed E-state index contributed by atoms with van der Waals surface area (Å²) in [5.41, 5.74) is 1.76. The lowest BCUT2D eigenvalue weighted by atomic mass is 10.2. The number of hydrogen-bond donors (Lipinski definition) is 1. The first-order chi connectivity index (χ1) is 11.5. The molecule has 0 aliphatic heterocycles. The van der Waals surface area contributed by atoms with Crippen molar-refractivity contribution in [2.75, 3.05) is 5.32 Å². The normalized spacial score (nSPS) is 10.8. The van der Waals surface area contributed by atoms with E-state index in [1.54, 1.807) is 40.8 Å². The van der Waals surface area contributed by atoms with Gasteiger partial charge in [0.2, 0.25) is 0 Å². The van der Waals surface area contributed by atoms with Gasteiger partial charge in [0.1, 0.15) is 5.82 Å². The monoisotopic (exact) mass is 391 g/mol. The maximum atomic E-state index is 13.7. The minimum Gasteiger partial charge on any atom is -0.304 e. The van der Waals surface area contributed by atoms with E-state index in [-0.39, 0.29) is 18.3 Å². The van der Waals surface area contributed by atoms with Crippen LogP contribution in [0.15, 0.2) is 41.1 Å². The van der Waals surface area contributed by atoms with E-state index in [4.69, 9.17) is 0 Å². The van der Waals surface area contributed by atoms with Crippen molar-refractivity contribution in [2.45, 2.75) is 13.5 Å². The van der Waals surface area contributed by atoms with E-state index in [1.165, 1.54) is 12.3 Å². The Morgan fingerprint density at radius 1 is 1.38 bits per heavy atom. The van der Waals surface area contributed by atoms with Crippen LogP contribution in [0, 0.1) is 12.7 Å². The van der Waals surface area contributed by atoms with Gasteiger partial charge < -0.3 is 5.32 Å². The molecule has 0 radical (unpaired) electrons. The number of carbonyl (C=O) groups is 1. The van der Waals surface area contributed by atoms with Gasteiger partial charge in [0.25, 0.3) is 5.91 Å². The lowest BCUT2D eigenvalue weighted by Crippen LogP contribution is -2.14. The highest BCUT2D eigenvalue weighted by molar-refractivity contribution is 9.10. The molecule has 0 aliphatic carbocycles. The number of anilines is 1. The maximum Gasteiger partial charge on any atom is 0.260 e. The molecule has 24 heavy (non-hydrogen) atoms. The highest BCUT2D eigenvalue weighted by atomic mass is 79.9. The van der Waals surface area contributed by atoms with Crippen molar-refractivity contribution in [3.63, 3.8) is 0 Å². The molecule has 0 spiro atoms. The van der Waals surface area contributed by atoms with E-state index < -0.39 is 0 Å². The molecule has 0 unspecified atom stereocenters. The molecular formula is C16H15BrFN5O. The number of hydrogen-bond acceptors (Lipinski definition) is 3. The number of aromatic nitrogens is 4. The number of halogens is 2. The molecular weight excluding hydrogens is 377 g/mol. The van der Waals surface area contributed by atoms with Crippen LogP contribution in [0.5, 0.6) is 0 Å². The Labute approximate surface area is 146 Å². The fourth-order valence-corrected chi connectivity index (χ4v) is 2.68. The number of benzene rings is 1. The molecule has 6 nitrogen and oxygen atoms in total. The van der Waals surface area contributed by atoms with Crippen LogP contribution in [0.4, 0.5) is 10.2 Å². The van der Waals surface area contributed by atoms with E-state index >= 15 is 0 Å². The van der Waals surface area contributed by atoms with Crippen molar-refractivity contribution in [2.24, 2.45) is 7.05 Å². The topological polar surface area (TPSA) is 64.7 Å². The lowest BCUT2D eigenvalue weighted by Gasteiger charge is -2.04. The van der Waals surface area contributed by atoms with Crippen LogP contribution in [0.3, 0.4) is 0 Å². The molecule has 2 aromatic heterocycles. The third-order valence-electron chi connectivity index (χ3n) is 3.72. The predicted octanol–water partition coefficient (Wildman–Crippen LogP) is 3.13. The summed E-state index contributed by atoms with van der Waals surface area (Å²) in [5, 5.41) is 11.1. The predicted molar refractivity (Wildman–Crippen MR) is 91.3 cm³/mol. The zero-order valence-electron chi connectivity index (χ0n) is 13.1. The number of carbonyl (C=O) groups excluding carboxylic acids is 1. The van der Waals surface area contributed by atoms with Crippen molar-refractivity contribution in [3.05, 3.63) is 63.8 Å². The second-order valence-electron chi connectivity index (χ2n) is 5.34. The zero-order chi connectivity index (χ0) is 17.3. The molecule has 0 fully saturated rings. The molecule has 3 rings (SSSR count). The Morgan fingerprint density at radius 2 is 2.12 bits per heavy atom. The quantitative estimate of drug-likeness (QED) is 0.742. The molecule has 0 saturated heterocycles. The van der Waals surface area contributed by atoms with Gasteiger partial charge >= 0.3 is 0 Å². The van der Waals surface area contributed by atoms with E-state index in [1.807, 2.05) is 6.92 Å². The molecule has 1 N–H and O–H groups in total. The third-order valence-corrected chi connectivity index (χ3v) is 4.30. The van der Waals surface area contributed by atoms with Gasteiger partial charge in [0, 0.05) is 24.5 Å². The van der Waals surface area contributed by atoms with Crippen molar-refractivity contribution in [1.82, 2.24) is 19.6 Å². The van der Waals surface area contributed by atoms with Crippen LogP contribution >= 0.6 is 15.9 Å². The Balaban J connectivity index is 1.78.